The molecule has 0 saturated heterocycles. The molecule has 5 nitrogen and oxygen atoms in total. The molecule has 0 heterocycles. The third-order valence-corrected chi connectivity index (χ3v) is 3.03. The summed E-state index contributed by atoms with van der Waals surface area (Å²) in [5, 5.41) is 11.1. The first-order chi connectivity index (χ1) is 11.0. The normalized spacial score (nSPS) is 10.1. The summed E-state index contributed by atoms with van der Waals surface area (Å²) < 4.78 is 18.4. The van der Waals surface area contributed by atoms with Crippen LogP contribution in [0.2, 0.25) is 0 Å². The van der Waals surface area contributed by atoms with Crippen molar-refractivity contribution in [2.24, 2.45) is 0 Å². The van der Waals surface area contributed by atoms with E-state index >= 15 is 0 Å². The van der Waals surface area contributed by atoms with Crippen molar-refractivity contribution < 1.29 is 23.8 Å². The van der Waals surface area contributed by atoms with Crippen molar-refractivity contribution in [1.29, 1.82) is 0 Å². The summed E-state index contributed by atoms with van der Waals surface area (Å²) in [7, 11) is 0. The monoisotopic (exact) mass is 317 g/mol. The number of nitrogens with one attached hydrogen (secondary N) is 1. The van der Waals surface area contributed by atoms with Crippen LogP contribution < -0.4 is 10.1 Å². The van der Waals surface area contributed by atoms with Gasteiger partial charge in [0.2, 0.25) is 5.91 Å². The molecule has 0 unspecified atom stereocenters. The van der Waals surface area contributed by atoms with Crippen LogP contribution in [-0.2, 0) is 16.1 Å². The van der Waals surface area contributed by atoms with Gasteiger partial charge >= 0.3 is 5.97 Å². The number of amides is 1. The Hall–Kier alpha value is -2.89. The largest absolute Gasteiger partial charge is 0.481 e. The number of carbonyl (C=O) groups is 2. The smallest absolute Gasteiger partial charge is 0.303 e. The lowest BCUT2D eigenvalue weighted by atomic mass is 10.2. The van der Waals surface area contributed by atoms with Crippen molar-refractivity contribution in [1.82, 2.24) is 5.32 Å². The molecule has 0 bridgehead atoms. The highest BCUT2D eigenvalue weighted by Crippen LogP contribution is 2.21. The predicted octanol–water partition coefficient (Wildman–Crippen LogP) is 3.10. The number of halogens is 1. The second-order valence-corrected chi connectivity index (χ2v) is 4.87. The van der Waals surface area contributed by atoms with Crippen LogP contribution in [0.25, 0.3) is 0 Å². The van der Waals surface area contributed by atoms with Crippen LogP contribution in [0, 0.1) is 5.82 Å². The Kier molecular flexibility index (Phi) is 5.68. The van der Waals surface area contributed by atoms with E-state index in [-0.39, 0.29) is 24.6 Å². The summed E-state index contributed by atoms with van der Waals surface area (Å²) in [5.41, 5.74) is 0.861. The van der Waals surface area contributed by atoms with Gasteiger partial charge in [-0.05, 0) is 42.0 Å². The van der Waals surface area contributed by atoms with Gasteiger partial charge in [0, 0.05) is 13.0 Å². The zero-order valence-electron chi connectivity index (χ0n) is 12.3. The van der Waals surface area contributed by atoms with E-state index in [0.29, 0.717) is 18.0 Å². The van der Waals surface area contributed by atoms with Crippen LogP contribution in [0.5, 0.6) is 11.5 Å². The number of rotatable bonds is 7. The van der Waals surface area contributed by atoms with Crippen LogP contribution in [0.15, 0.2) is 48.5 Å². The number of carboxylic acids is 1. The highest BCUT2D eigenvalue weighted by molar-refractivity contribution is 5.80. The van der Waals surface area contributed by atoms with E-state index in [0.717, 1.165) is 5.56 Å². The lowest BCUT2D eigenvalue weighted by Crippen LogP contribution is -2.23. The molecule has 0 aliphatic heterocycles. The van der Waals surface area contributed by atoms with E-state index in [4.69, 9.17) is 9.84 Å². The second-order valence-electron chi connectivity index (χ2n) is 4.87. The quantitative estimate of drug-likeness (QED) is 0.823. The van der Waals surface area contributed by atoms with E-state index in [2.05, 4.69) is 5.32 Å². The van der Waals surface area contributed by atoms with Gasteiger partial charge < -0.3 is 15.2 Å². The lowest BCUT2D eigenvalue weighted by molar-refractivity contribution is -0.138. The zero-order chi connectivity index (χ0) is 16.7. The molecule has 1 amide bonds. The Labute approximate surface area is 132 Å². The van der Waals surface area contributed by atoms with Crippen LogP contribution in [-0.4, -0.2) is 17.0 Å². The lowest BCUT2D eigenvalue weighted by Gasteiger charge is -2.08. The number of carbonyl (C=O) groups excluding carboxylic acids is 1. The van der Waals surface area contributed by atoms with Crippen LogP contribution >= 0.6 is 0 Å². The van der Waals surface area contributed by atoms with Crippen LogP contribution in [0.4, 0.5) is 4.39 Å². The van der Waals surface area contributed by atoms with Gasteiger partial charge in [-0.15, -0.1) is 0 Å². The van der Waals surface area contributed by atoms with E-state index in [1.54, 1.807) is 24.3 Å². The van der Waals surface area contributed by atoms with E-state index in [1.165, 1.54) is 24.3 Å². The number of benzene rings is 2. The fourth-order valence-electron chi connectivity index (χ4n) is 1.82. The number of hydrogen-bond acceptors (Lipinski definition) is 3. The van der Waals surface area contributed by atoms with E-state index in [9.17, 15) is 14.0 Å². The Balaban J connectivity index is 1.83. The number of ether oxygens (including phenoxy) is 1. The molecule has 0 spiro atoms. The molecule has 0 saturated carbocycles. The summed E-state index contributed by atoms with van der Waals surface area (Å²) >= 11 is 0. The summed E-state index contributed by atoms with van der Waals surface area (Å²) in [6.45, 7) is 0.315. The summed E-state index contributed by atoms with van der Waals surface area (Å²) in [6.07, 6.45) is -0.225. The SMILES string of the molecule is O=C(O)CCC(=O)NCc1ccc(Oc2ccc(F)cc2)cc1. The molecule has 2 rings (SSSR count). The molecule has 0 atom stereocenters. The standard InChI is InChI=1S/C17H16FNO4/c18-13-3-7-15(8-4-13)23-14-5-1-12(2-6-14)11-19-16(20)9-10-17(21)22/h1-8H,9-11H2,(H,19,20)(H,21,22). The zero-order valence-corrected chi connectivity index (χ0v) is 12.3. The maximum Gasteiger partial charge on any atom is 0.303 e. The molecule has 0 aromatic heterocycles. The number of aliphatic carboxylic acids is 1. The number of carboxylic acid groups (broad SMARTS) is 1. The van der Waals surface area contributed by atoms with Crippen molar-refractivity contribution in [3.63, 3.8) is 0 Å². The fourth-order valence-corrected chi connectivity index (χ4v) is 1.82. The average Bonchev–Trinajstić information content (AvgIpc) is 2.54. The minimum Gasteiger partial charge on any atom is -0.481 e. The maximum atomic E-state index is 12.8. The molecule has 0 aliphatic carbocycles. The molecule has 2 aromatic carbocycles. The van der Waals surface area contributed by atoms with Crippen molar-refractivity contribution in [2.75, 3.05) is 0 Å². The van der Waals surface area contributed by atoms with Crippen LogP contribution in [0.3, 0.4) is 0 Å². The summed E-state index contributed by atoms with van der Waals surface area (Å²) in [5.74, 6) is -0.508. The predicted molar refractivity (Wildman–Crippen MR) is 81.6 cm³/mol. The van der Waals surface area contributed by atoms with Gasteiger partial charge in [-0.3, -0.25) is 9.59 Å². The molecule has 0 radical (unpaired) electrons. The van der Waals surface area contributed by atoms with Crippen molar-refractivity contribution in [2.45, 2.75) is 19.4 Å². The first kappa shape index (κ1) is 16.5. The highest BCUT2D eigenvalue weighted by Gasteiger charge is 2.05. The Morgan fingerprint density at radius 2 is 1.52 bits per heavy atom. The van der Waals surface area contributed by atoms with Gasteiger partial charge in [-0.1, -0.05) is 12.1 Å². The van der Waals surface area contributed by atoms with Gasteiger partial charge in [0.25, 0.3) is 0 Å². The van der Waals surface area contributed by atoms with Gasteiger partial charge in [0.15, 0.2) is 0 Å². The van der Waals surface area contributed by atoms with E-state index < -0.39 is 5.97 Å². The first-order valence-corrected chi connectivity index (χ1v) is 7.04. The molecule has 0 aliphatic rings. The molecule has 0 fully saturated rings. The first-order valence-electron chi connectivity index (χ1n) is 7.04. The third-order valence-electron chi connectivity index (χ3n) is 3.03. The highest BCUT2D eigenvalue weighted by atomic mass is 19.1. The molecule has 6 heteroatoms. The van der Waals surface area contributed by atoms with Gasteiger partial charge in [0.05, 0.1) is 6.42 Å². The minimum absolute atomic E-state index is 0.0406. The van der Waals surface area contributed by atoms with Crippen molar-refractivity contribution in [3.05, 3.63) is 59.9 Å². The third kappa shape index (κ3) is 5.78. The maximum absolute atomic E-state index is 12.8. The van der Waals surface area contributed by atoms with Crippen LogP contribution in [0.1, 0.15) is 18.4 Å². The van der Waals surface area contributed by atoms with Crippen molar-refractivity contribution >= 4 is 11.9 Å². The van der Waals surface area contributed by atoms with E-state index in [1.807, 2.05) is 0 Å². The summed E-state index contributed by atoms with van der Waals surface area (Å²) in [6, 6.07) is 12.8. The molecule has 23 heavy (non-hydrogen) atoms. The molecule has 2 aromatic rings. The second kappa shape index (κ2) is 7.93. The minimum atomic E-state index is -0.998. The Bertz CT molecular complexity index is 668. The summed E-state index contributed by atoms with van der Waals surface area (Å²) in [4.78, 5) is 21.8. The van der Waals surface area contributed by atoms with Gasteiger partial charge in [-0.2, -0.15) is 0 Å². The Morgan fingerprint density at radius 3 is 2.09 bits per heavy atom. The topological polar surface area (TPSA) is 75.6 Å². The van der Waals surface area contributed by atoms with Gasteiger partial charge in [-0.25, -0.2) is 4.39 Å². The van der Waals surface area contributed by atoms with Crippen molar-refractivity contribution in [3.8, 4) is 11.5 Å². The molecular formula is C17H16FNO4. The fraction of sp³-hybridized carbons (Fsp3) is 0.176. The molecule has 2 N–H and O–H groups in total. The molecule has 120 valence electrons. The number of hydrogen-bond donors (Lipinski definition) is 2. The van der Waals surface area contributed by atoms with Gasteiger partial charge in [0.1, 0.15) is 17.3 Å². The average molecular weight is 317 g/mol. The molecular weight excluding hydrogens is 301 g/mol. The Morgan fingerprint density at radius 1 is 0.957 bits per heavy atom.